The summed E-state index contributed by atoms with van der Waals surface area (Å²) in [5.74, 6) is 1.31. The van der Waals surface area contributed by atoms with E-state index in [9.17, 15) is 5.11 Å². The molecule has 2 heterocycles. The molecule has 0 amide bonds. The second kappa shape index (κ2) is 7.53. The molecular formula is C19H24N6O. The SMILES string of the molecule is CCC(N)CNc1cc(C)nc(-c2cc(-c3cnn(C)c3)ccc2O)n1. The molecule has 1 atom stereocenters. The van der Waals surface area contributed by atoms with Crippen LogP contribution >= 0.6 is 0 Å². The molecular weight excluding hydrogens is 328 g/mol. The monoisotopic (exact) mass is 352 g/mol. The van der Waals surface area contributed by atoms with E-state index in [1.54, 1.807) is 16.9 Å². The lowest BCUT2D eigenvalue weighted by Gasteiger charge is -2.13. The minimum atomic E-state index is 0.0658. The normalized spacial score (nSPS) is 12.2. The van der Waals surface area contributed by atoms with Gasteiger partial charge in [0.25, 0.3) is 0 Å². The van der Waals surface area contributed by atoms with Gasteiger partial charge in [0, 0.05) is 43.2 Å². The molecule has 26 heavy (non-hydrogen) atoms. The number of hydrogen-bond donors (Lipinski definition) is 3. The summed E-state index contributed by atoms with van der Waals surface area (Å²) in [6.45, 7) is 4.58. The Hall–Kier alpha value is -2.93. The molecule has 0 aliphatic rings. The van der Waals surface area contributed by atoms with E-state index < -0.39 is 0 Å². The number of nitrogens with two attached hydrogens (primary N) is 1. The van der Waals surface area contributed by atoms with Gasteiger partial charge in [-0.15, -0.1) is 0 Å². The summed E-state index contributed by atoms with van der Waals surface area (Å²) in [7, 11) is 1.87. The highest BCUT2D eigenvalue weighted by atomic mass is 16.3. The smallest absolute Gasteiger partial charge is 0.165 e. The third kappa shape index (κ3) is 4.00. The lowest BCUT2D eigenvalue weighted by molar-refractivity contribution is 0.477. The van der Waals surface area contributed by atoms with Gasteiger partial charge >= 0.3 is 0 Å². The highest BCUT2D eigenvalue weighted by Crippen LogP contribution is 2.32. The Morgan fingerprint density at radius 1 is 1.23 bits per heavy atom. The molecule has 0 saturated carbocycles. The highest BCUT2D eigenvalue weighted by molar-refractivity contribution is 5.74. The zero-order valence-corrected chi connectivity index (χ0v) is 15.3. The quantitative estimate of drug-likeness (QED) is 0.630. The predicted octanol–water partition coefficient (Wildman–Crippen LogP) is 2.71. The van der Waals surface area contributed by atoms with Crippen LogP contribution < -0.4 is 11.1 Å². The van der Waals surface area contributed by atoms with Gasteiger partial charge in [-0.25, -0.2) is 9.97 Å². The molecule has 3 rings (SSSR count). The van der Waals surface area contributed by atoms with E-state index in [4.69, 9.17) is 5.73 Å². The number of nitrogens with zero attached hydrogens (tertiary/aromatic N) is 4. The van der Waals surface area contributed by atoms with Crippen molar-refractivity contribution in [2.24, 2.45) is 12.8 Å². The van der Waals surface area contributed by atoms with Gasteiger partial charge in [-0.3, -0.25) is 4.68 Å². The second-order valence-electron chi connectivity index (χ2n) is 6.40. The van der Waals surface area contributed by atoms with Crippen molar-refractivity contribution in [1.82, 2.24) is 19.7 Å². The van der Waals surface area contributed by atoms with Crippen LogP contribution in [0.2, 0.25) is 0 Å². The zero-order valence-electron chi connectivity index (χ0n) is 15.3. The van der Waals surface area contributed by atoms with Crippen molar-refractivity contribution in [3.05, 3.63) is 42.4 Å². The molecule has 4 N–H and O–H groups in total. The first-order chi connectivity index (χ1) is 12.5. The molecule has 7 nitrogen and oxygen atoms in total. The van der Waals surface area contributed by atoms with Crippen molar-refractivity contribution in [3.8, 4) is 28.3 Å². The third-order valence-corrected chi connectivity index (χ3v) is 4.20. The van der Waals surface area contributed by atoms with E-state index in [-0.39, 0.29) is 11.8 Å². The first-order valence-corrected chi connectivity index (χ1v) is 8.63. The van der Waals surface area contributed by atoms with Crippen LogP contribution in [-0.2, 0) is 7.05 Å². The number of nitrogens with one attached hydrogen (secondary N) is 1. The molecule has 7 heteroatoms. The van der Waals surface area contributed by atoms with Crippen LogP contribution in [0.3, 0.4) is 0 Å². The number of rotatable bonds is 6. The lowest BCUT2D eigenvalue weighted by atomic mass is 10.0. The van der Waals surface area contributed by atoms with Crippen LogP contribution in [-0.4, -0.2) is 37.4 Å². The number of aryl methyl sites for hydroxylation is 2. The predicted molar refractivity (Wildman–Crippen MR) is 103 cm³/mol. The van der Waals surface area contributed by atoms with Gasteiger partial charge in [0.2, 0.25) is 0 Å². The maximum atomic E-state index is 10.3. The van der Waals surface area contributed by atoms with Crippen molar-refractivity contribution < 1.29 is 5.11 Å². The summed E-state index contributed by atoms with van der Waals surface area (Å²) in [5.41, 5.74) is 9.27. The number of benzene rings is 1. The number of phenols is 1. The standard InChI is InChI=1S/C19H24N6O/c1-4-15(20)10-21-18-7-12(2)23-19(24-18)16-8-13(5-6-17(16)26)14-9-22-25(3)11-14/h5-9,11,15,26H,4,10,20H2,1-3H3,(H,21,23,24). The Labute approximate surface area is 152 Å². The molecule has 136 valence electrons. The van der Waals surface area contributed by atoms with Crippen molar-refractivity contribution in [2.45, 2.75) is 26.3 Å². The van der Waals surface area contributed by atoms with E-state index in [0.717, 1.165) is 23.2 Å². The number of anilines is 1. The van der Waals surface area contributed by atoms with Crippen molar-refractivity contribution in [1.29, 1.82) is 0 Å². The summed E-state index contributed by atoms with van der Waals surface area (Å²) in [6.07, 6.45) is 4.59. The average molecular weight is 352 g/mol. The number of phenolic OH excluding ortho intramolecular Hbond substituents is 1. The molecule has 2 aromatic heterocycles. The van der Waals surface area contributed by atoms with Crippen LogP contribution in [0.1, 0.15) is 19.0 Å². The topological polar surface area (TPSA) is 102 Å². The highest BCUT2D eigenvalue weighted by Gasteiger charge is 2.12. The summed E-state index contributed by atoms with van der Waals surface area (Å²) >= 11 is 0. The number of aromatic hydroxyl groups is 1. The van der Waals surface area contributed by atoms with Gasteiger partial charge in [-0.05, 0) is 31.0 Å². The Balaban J connectivity index is 1.96. The van der Waals surface area contributed by atoms with Gasteiger partial charge < -0.3 is 16.2 Å². The molecule has 0 aliphatic carbocycles. The van der Waals surface area contributed by atoms with Crippen LogP contribution in [0, 0.1) is 6.92 Å². The lowest BCUT2D eigenvalue weighted by Crippen LogP contribution is -2.28. The molecule has 0 bridgehead atoms. The maximum Gasteiger partial charge on any atom is 0.165 e. The molecule has 0 aliphatic heterocycles. The van der Waals surface area contributed by atoms with Crippen LogP contribution in [0.4, 0.5) is 5.82 Å². The third-order valence-electron chi connectivity index (χ3n) is 4.20. The summed E-state index contributed by atoms with van der Waals surface area (Å²) < 4.78 is 1.74. The first-order valence-electron chi connectivity index (χ1n) is 8.63. The minimum Gasteiger partial charge on any atom is -0.507 e. The molecule has 1 aromatic carbocycles. The van der Waals surface area contributed by atoms with Gasteiger partial charge in [0.15, 0.2) is 5.82 Å². The molecule has 0 fully saturated rings. The maximum absolute atomic E-state index is 10.3. The van der Waals surface area contributed by atoms with Gasteiger partial charge in [-0.2, -0.15) is 5.10 Å². The number of hydrogen-bond acceptors (Lipinski definition) is 6. The second-order valence-corrected chi connectivity index (χ2v) is 6.40. The molecule has 3 aromatic rings. The van der Waals surface area contributed by atoms with E-state index in [1.807, 2.05) is 45.3 Å². The van der Waals surface area contributed by atoms with E-state index >= 15 is 0 Å². The summed E-state index contributed by atoms with van der Waals surface area (Å²) in [5, 5.41) is 17.8. The fourth-order valence-electron chi connectivity index (χ4n) is 2.62. The average Bonchev–Trinajstić information content (AvgIpc) is 3.06. The van der Waals surface area contributed by atoms with Crippen molar-refractivity contribution in [2.75, 3.05) is 11.9 Å². The van der Waals surface area contributed by atoms with Gasteiger partial charge in [-0.1, -0.05) is 13.0 Å². The molecule has 1 unspecified atom stereocenters. The van der Waals surface area contributed by atoms with Crippen molar-refractivity contribution >= 4 is 5.82 Å². The Morgan fingerprint density at radius 2 is 2.04 bits per heavy atom. The molecule has 0 spiro atoms. The number of aromatic nitrogens is 4. The van der Waals surface area contributed by atoms with Gasteiger partial charge in [0.05, 0.1) is 11.8 Å². The molecule has 0 radical (unpaired) electrons. The summed E-state index contributed by atoms with van der Waals surface area (Å²) in [6, 6.07) is 7.32. The van der Waals surface area contributed by atoms with Crippen LogP contribution in [0.15, 0.2) is 36.7 Å². The Morgan fingerprint density at radius 3 is 2.73 bits per heavy atom. The van der Waals surface area contributed by atoms with Crippen LogP contribution in [0.5, 0.6) is 5.75 Å². The van der Waals surface area contributed by atoms with E-state index in [2.05, 4.69) is 20.4 Å². The summed E-state index contributed by atoms with van der Waals surface area (Å²) in [4.78, 5) is 9.04. The Kier molecular flexibility index (Phi) is 5.18. The molecule has 0 saturated heterocycles. The van der Waals surface area contributed by atoms with Crippen LogP contribution in [0.25, 0.3) is 22.5 Å². The zero-order chi connectivity index (χ0) is 18.7. The first kappa shape index (κ1) is 17.9. The fourth-order valence-corrected chi connectivity index (χ4v) is 2.62. The largest absolute Gasteiger partial charge is 0.507 e. The minimum absolute atomic E-state index is 0.0658. The van der Waals surface area contributed by atoms with Gasteiger partial charge in [0.1, 0.15) is 11.6 Å². The van der Waals surface area contributed by atoms with E-state index in [0.29, 0.717) is 23.8 Å². The van der Waals surface area contributed by atoms with Crippen molar-refractivity contribution in [3.63, 3.8) is 0 Å². The fraction of sp³-hybridized carbons (Fsp3) is 0.316. The van der Waals surface area contributed by atoms with E-state index in [1.165, 1.54) is 0 Å². The Bertz CT molecular complexity index is 905.